The number of hydrogen-bond acceptors (Lipinski definition) is 3. The van der Waals surface area contributed by atoms with Gasteiger partial charge in [-0.3, -0.25) is 4.90 Å². The molecule has 1 aromatic carbocycles. The fraction of sp³-hybridized carbons (Fsp3) is 0.625. The average molecular weight is 261 g/mol. The first-order valence-corrected chi connectivity index (χ1v) is 7.59. The van der Waals surface area contributed by atoms with Crippen molar-refractivity contribution in [2.24, 2.45) is 5.73 Å². The quantitative estimate of drug-likeness (QED) is 0.739. The molecule has 1 aliphatic heterocycles. The maximum absolute atomic E-state index is 5.47. The van der Waals surface area contributed by atoms with E-state index in [9.17, 15) is 0 Å². The van der Waals surface area contributed by atoms with Gasteiger partial charge in [-0.2, -0.15) is 0 Å². The molecule has 1 fully saturated rings. The molecule has 0 aliphatic carbocycles. The third-order valence-corrected chi connectivity index (χ3v) is 3.76. The molecule has 3 heteroatoms. The van der Waals surface area contributed by atoms with Crippen molar-refractivity contribution in [2.45, 2.75) is 38.8 Å². The molecule has 1 aliphatic rings. The summed E-state index contributed by atoms with van der Waals surface area (Å²) in [6.07, 6.45) is 5.18. The molecule has 106 valence electrons. The van der Waals surface area contributed by atoms with Crippen molar-refractivity contribution in [3.8, 4) is 0 Å². The molecule has 0 amide bonds. The largest absolute Gasteiger partial charge is 0.330 e. The van der Waals surface area contributed by atoms with Gasteiger partial charge in [0.1, 0.15) is 0 Å². The van der Waals surface area contributed by atoms with E-state index in [-0.39, 0.29) is 0 Å². The number of benzene rings is 1. The summed E-state index contributed by atoms with van der Waals surface area (Å²) in [5, 5.41) is 3.41. The Morgan fingerprint density at radius 1 is 1.00 bits per heavy atom. The zero-order valence-corrected chi connectivity index (χ0v) is 11.9. The van der Waals surface area contributed by atoms with Crippen LogP contribution in [-0.2, 0) is 13.1 Å². The van der Waals surface area contributed by atoms with Crippen LogP contribution in [0.1, 0.15) is 36.8 Å². The normalized spacial score (nSPS) is 16.7. The van der Waals surface area contributed by atoms with E-state index in [4.69, 9.17) is 5.73 Å². The highest BCUT2D eigenvalue weighted by Crippen LogP contribution is 2.13. The first-order valence-electron chi connectivity index (χ1n) is 7.59. The Morgan fingerprint density at radius 2 is 1.68 bits per heavy atom. The Labute approximate surface area is 117 Å². The summed E-state index contributed by atoms with van der Waals surface area (Å²) in [4.78, 5) is 2.57. The van der Waals surface area contributed by atoms with Crippen LogP contribution in [0, 0.1) is 0 Å². The molecule has 0 radical (unpaired) electrons. The molecule has 1 aromatic rings. The number of rotatable bonds is 7. The summed E-state index contributed by atoms with van der Waals surface area (Å²) in [6.45, 7) is 6.36. The standard InChI is InChI=1S/C16H27N3/c17-9-4-10-18-13-15-5-7-16(8-6-15)14-19-11-2-1-3-12-19/h5-8,18H,1-4,9-14,17H2. The van der Waals surface area contributed by atoms with Crippen molar-refractivity contribution in [3.63, 3.8) is 0 Å². The highest BCUT2D eigenvalue weighted by molar-refractivity contribution is 5.22. The lowest BCUT2D eigenvalue weighted by Crippen LogP contribution is -2.29. The van der Waals surface area contributed by atoms with Gasteiger partial charge >= 0.3 is 0 Å². The minimum absolute atomic E-state index is 0.766. The molecule has 0 atom stereocenters. The molecular weight excluding hydrogens is 234 g/mol. The number of nitrogens with zero attached hydrogens (tertiary/aromatic N) is 1. The summed E-state index contributed by atoms with van der Waals surface area (Å²) >= 11 is 0. The van der Waals surface area contributed by atoms with E-state index in [1.54, 1.807) is 0 Å². The lowest BCUT2D eigenvalue weighted by atomic mass is 10.1. The van der Waals surface area contributed by atoms with E-state index < -0.39 is 0 Å². The fourth-order valence-electron chi connectivity index (χ4n) is 2.60. The van der Waals surface area contributed by atoms with Crippen molar-refractivity contribution >= 4 is 0 Å². The summed E-state index contributed by atoms with van der Waals surface area (Å²) in [7, 11) is 0. The second kappa shape index (κ2) is 8.31. The van der Waals surface area contributed by atoms with Gasteiger partial charge in [-0.05, 0) is 56.6 Å². The number of hydrogen-bond donors (Lipinski definition) is 2. The molecule has 2 rings (SSSR count). The third kappa shape index (κ3) is 5.31. The van der Waals surface area contributed by atoms with Crippen LogP contribution >= 0.6 is 0 Å². The zero-order valence-electron chi connectivity index (χ0n) is 11.9. The second-order valence-corrected chi connectivity index (χ2v) is 5.47. The number of nitrogens with two attached hydrogens (primary N) is 1. The summed E-state index contributed by atoms with van der Waals surface area (Å²) in [5.74, 6) is 0. The molecule has 0 saturated carbocycles. The van der Waals surface area contributed by atoms with Crippen molar-refractivity contribution < 1.29 is 0 Å². The molecule has 0 aromatic heterocycles. The minimum Gasteiger partial charge on any atom is -0.330 e. The van der Waals surface area contributed by atoms with E-state index in [1.807, 2.05) is 0 Å². The maximum Gasteiger partial charge on any atom is 0.0233 e. The zero-order chi connectivity index (χ0) is 13.3. The lowest BCUT2D eigenvalue weighted by Gasteiger charge is -2.26. The Hall–Kier alpha value is -0.900. The van der Waals surface area contributed by atoms with E-state index in [0.717, 1.165) is 32.6 Å². The first-order chi connectivity index (χ1) is 9.38. The highest BCUT2D eigenvalue weighted by Gasteiger charge is 2.09. The molecule has 19 heavy (non-hydrogen) atoms. The van der Waals surface area contributed by atoms with Crippen molar-refractivity contribution in [2.75, 3.05) is 26.2 Å². The SMILES string of the molecule is NCCCNCc1ccc(CN2CCCCC2)cc1. The van der Waals surface area contributed by atoms with Gasteiger partial charge in [-0.25, -0.2) is 0 Å². The van der Waals surface area contributed by atoms with Gasteiger partial charge in [0.2, 0.25) is 0 Å². The number of likely N-dealkylation sites (tertiary alicyclic amines) is 1. The van der Waals surface area contributed by atoms with E-state index in [1.165, 1.54) is 43.5 Å². The van der Waals surface area contributed by atoms with E-state index in [0.29, 0.717) is 0 Å². The van der Waals surface area contributed by atoms with Crippen LogP contribution in [0.15, 0.2) is 24.3 Å². The van der Waals surface area contributed by atoms with Crippen molar-refractivity contribution in [3.05, 3.63) is 35.4 Å². The molecule has 0 unspecified atom stereocenters. The van der Waals surface area contributed by atoms with Crippen LogP contribution in [0.5, 0.6) is 0 Å². The molecule has 0 spiro atoms. The van der Waals surface area contributed by atoms with Gasteiger partial charge in [0.15, 0.2) is 0 Å². The Balaban J connectivity index is 1.74. The van der Waals surface area contributed by atoms with E-state index >= 15 is 0 Å². The Morgan fingerprint density at radius 3 is 2.37 bits per heavy atom. The fourth-order valence-corrected chi connectivity index (χ4v) is 2.60. The predicted octanol–water partition coefficient (Wildman–Crippen LogP) is 2.11. The lowest BCUT2D eigenvalue weighted by molar-refractivity contribution is 0.221. The third-order valence-electron chi connectivity index (χ3n) is 3.76. The summed E-state index contributed by atoms with van der Waals surface area (Å²) in [5.41, 5.74) is 8.27. The molecule has 0 bridgehead atoms. The molecule has 3 N–H and O–H groups in total. The average Bonchev–Trinajstić information content (AvgIpc) is 2.46. The second-order valence-electron chi connectivity index (χ2n) is 5.47. The smallest absolute Gasteiger partial charge is 0.0233 e. The maximum atomic E-state index is 5.47. The number of piperidine rings is 1. The minimum atomic E-state index is 0.766. The monoisotopic (exact) mass is 261 g/mol. The summed E-state index contributed by atoms with van der Waals surface area (Å²) < 4.78 is 0. The van der Waals surface area contributed by atoms with Crippen LogP contribution in [0.25, 0.3) is 0 Å². The van der Waals surface area contributed by atoms with Gasteiger partial charge < -0.3 is 11.1 Å². The van der Waals surface area contributed by atoms with Gasteiger partial charge in [0, 0.05) is 13.1 Å². The van der Waals surface area contributed by atoms with Crippen molar-refractivity contribution in [1.29, 1.82) is 0 Å². The topological polar surface area (TPSA) is 41.3 Å². The Bertz CT molecular complexity index is 342. The van der Waals surface area contributed by atoms with Crippen LogP contribution in [0.4, 0.5) is 0 Å². The van der Waals surface area contributed by atoms with Crippen LogP contribution in [0.3, 0.4) is 0 Å². The van der Waals surface area contributed by atoms with Crippen LogP contribution < -0.4 is 11.1 Å². The number of nitrogens with one attached hydrogen (secondary N) is 1. The Kier molecular flexibility index (Phi) is 6.34. The predicted molar refractivity (Wildman–Crippen MR) is 80.9 cm³/mol. The highest BCUT2D eigenvalue weighted by atomic mass is 15.1. The van der Waals surface area contributed by atoms with Gasteiger partial charge in [0.25, 0.3) is 0 Å². The van der Waals surface area contributed by atoms with Gasteiger partial charge in [0.05, 0.1) is 0 Å². The van der Waals surface area contributed by atoms with Crippen molar-refractivity contribution in [1.82, 2.24) is 10.2 Å². The summed E-state index contributed by atoms with van der Waals surface area (Å²) in [6, 6.07) is 9.03. The van der Waals surface area contributed by atoms with Crippen LogP contribution in [0.2, 0.25) is 0 Å². The molecule has 1 heterocycles. The van der Waals surface area contributed by atoms with Gasteiger partial charge in [-0.15, -0.1) is 0 Å². The van der Waals surface area contributed by atoms with Crippen LogP contribution in [-0.4, -0.2) is 31.1 Å². The molecule has 1 saturated heterocycles. The van der Waals surface area contributed by atoms with Gasteiger partial charge in [-0.1, -0.05) is 30.7 Å². The first kappa shape index (κ1) is 14.5. The molecule has 3 nitrogen and oxygen atoms in total. The molecular formula is C16H27N3. The van der Waals surface area contributed by atoms with E-state index in [2.05, 4.69) is 34.5 Å².